The molecule has 1 saturated heterocycles. The van der Waals surface area contributed by atoms with Gasteiger partial charge in [0.05, 0.1) is 18.7 Å². The molecule has 168 valence electrons. The van der Waals surface area contributed by atoms with Crippen LogP contribution in [0.5, 0.6) is 0 Å². The lowest BCUT2D eigenvalue weighted by atomic mass is 10.1. The Kier molecular flexibility index (Phi) is 5.49. The number of hydrogen-bond donors (Lipinski definition) is 3. The summed E-state index contributed by atoms with van der Waals surface area (Å²) in [5.41, 5.74) is 4.08. The number of ether oxygens (including phenoxy) is 1. The zero-order valence-corrected chi connectivity index (χ0v) is 17.9. The highest BCUT2D eigenvalue weighted by molar-refractivity contribution is 5.94. The van der Waals surface area contributed by atoms with E-state index in [1.165, 1.54) is 0 Å². The van der Waals surface area contributed by atoms with Crippen LogP contribution in [0.1, 0.15) is 15.9 Å². The van der Waals surface area contributed by atoms with E-state index in [1.807, 2.05) is 19.1 Å². The van der Waals surface area contributed by atoms with Crippen molar-refractivity contribution in [2.24, 2.45) is 0 Å². The minimum absolute atomic E-state index is 0.00106. The Labute approximate surface area is 188 Å². The Morgan fingerprint density at radius 1 is 1.06 bits per heavy atom. The van der Waals surface area contributed by atoms with Gasteiger partial charge in [0.15, 0.2) is 5.58 Å². The third-order valence-electron chi connectivity index (χ3n) is 5.34. The summed E-state index contributed by atoms with van der Waals surface area (Å²) in [4.78, 5) is 37.3. The predicted molar refractivity (Wildman–Crippen MR) is 123 cm³/mol. The molecule has 10 heteroatoms. The molecule has 33 heavy (non-hydrogen) atoms. The number of nitrogens with zero attached hydrogens (tertiary/aromatic N) is 3. The number of amides is 1. The molecule has 5 rings (SSSR count). The molecule has 0 unspecified atom stereocenters. The van der Waals surface area contributed by atoms with E-state index in [1.54, 1.807) is 41.4 Å². The summed E-state index contributed by atoms with van der Waals surface area (Å²) in [6, 6.07) is 12.5. The van der Waals surface area contributed by atoms with Gasteiger partial charge in [-0.1, -0.05) is 0 Å². The SMILES string of the molecule is Cc1cnc(Nc2ccc(C(=O)N3CCOCC3)cc2)nc1Nc1ccc2oc(=O)[nH]c2c1. The van der Waals surface area contributed by atoms with Gasteiger partial charge in [-0.15, -0.1) is 0 Å². The number of fused-ring (bicyclic) bond motifs is 1. The Morgan fingerprint density at radius 3 is 2.61 bits per heavy atom. The van der Waals surface area contributed by atoms with Gasteiger partial charge in [-0.05, 0) is 49.4 Å². The molecule has 2 aromatic heterocycles. The Morgan fingerprint density at radius 2 is 1.82 bits per heavy atom. The van der Waals surface area contributed by atoms with Crippen molar-refractivity contribution in [1.82, 2.24) is 19.9 Å². The fourth-order valence-corrected chi connectivity index (χ4v) is 3.57. The van der Waals surface area contributed by atoms with E-state index in [-0.39, 0.29) is 5.91 Å². The second-order valence-electron chi connectivity index (χ2n) is 7.68. The summed E-state index contributed by atoms with van der Waals surface area (Å²) in [6.45, 7) is 4.25. The maximum absolute atomic E-state index is 12.6. The molecule has 0 saturated carbocycles. The average molecular weight is 446 g/mol. The summed E-state index contributed by atoms with van der Waals surface area (Å²) >= 11 is 0. The molecule has 0 bridgehead atoms. The summed E-state index contributed by atoms with van der Waals surface area (Å²) in [7, 11) is 0. The molecular formula is C23H22N6O4. The van der Waals surface area contributed by atoms with Crippen molar-refractivity contribution in [2.75, 3.05) is 36.9 Å². The van der Waals surface area contributed by atoms with E-state index >= 15 is 0 Å². The number of hydrogen-bond acceptors (Lipinski definition) is 8. The number of oxazole rings is 1. The molecular weight excluding hydrogens is 424 g/mol. The van der Waals surface area contributed by atoms with Crippen LogP contribution in [0, 0.1) is 6.92 Å². The van der Waals surface area contributed by atoms with Crippen molar-refractivity contribution >= 4 is 40.1 Å². The van der Waals surface area contributed by atoms with Gasteiger partial charge < -0.3 is 24.7 Å². The van der Waals surface area contributed by atoms with Gasteiger partial charge in [0.2, 0.25) is 5.95 Å². The molecule has 3 N–H and O–H groups in total. The van der Waals surface area contributed by atoms with Crippen molar-refractivity contribution in [2.45, 2.75) is 6.92 Å². The maximum Gasteiger partial charge on any atom is 0.417 e. The highest BCUT2D eigenvalue weighted by atomic mass is 16.5. The maximum atomic E-state index is 12.6. The Hall–Kier alpha value is -4.18. The van der Waals surface area contributed by atoms with E-state index in [4.69, 9.17) is 9.15 Å². The van der Waals surface area contributed by atoms with Crippen molar-refractivity contribution in [3.05, 3.63) is 70.3 Å². The number of carbonyl (C=O) groups is 1. The first-order valence-electron chi connectivity index (χ1n) is 10.5. The topological polar surface area (TPSA) is 125 Å². The van der Waals surface area contributed by atoms with E-state index in [0.717, 1.165) is 16.9 Å². The molecule has 4 aromatic rings. The first kappa shape index (κ1) is 20.7. The smallest absolute Gasteiger partial charge is 0.408 e. The molecule has 2 aromatic carbocycles. The van der Waals surface area contributed by atoms with Gasteiger partial charge in [-0.2, -0.15) is 4.98 Å². The van der Waals surface area contributed by atoms with E-state index in [0.29, 0.717) is 54.7 Å². The summed E-state index contributed by atoms with van der Waals surface area (Å²) in [6.07, 6.45) is 1.71. The van der Waals surface area contributed by atoms with Crippen molar-refractivity contribution in [1.29, 1.82) is 0 Å². The highest BCUT2D eigenvalue weighted by Crippen LogP contribution is 2.23. The largest absolute Gasteiger partial charge is 0.417 e. The predicted octanol–water partition coefficient (Wildman–Crippen LogP) is 3.18. The van der Waals surface area contributed by atoms with Crippen LogP contribution in [0.3, 0.4) is 0 Å². The number of morpholine rings is 1. The van der Waals surface area contributed by atoms with Crippen LogP contribution in [-0.4, -0.2) is 52.1 Å². The van der Waals surface area contributed by atoms with Crippen LogP contribution >= 0.6 is 0 Å². The van der Waals surface area contributed by atoms with Crippen molar-refractivity contribution in [3.63, 3.8) is 0 Å². The summed E-state index contributed by atoms with van der Waals surface area (Å²) in [5, 5.41) is 6.41. The van der Waals surface area contributed by atoms with Gasteiger partial charge in [0.25, 0.3) is 5.91 Å². The van der Waals surface area contributed by atoms with Crippen molar-refractivity contribution in [3.8, 4) is 0 Å². The number of anilines is 4. The number of nitrogens with one attached hydrogen (secondary N) is 3. The highest BCUT2D eigenvalue weighted by Gasteiger charge is 2.18. The molecule has 1 amide bonds. The molecule has 1 aliphatic rings. The first-order valence-corrected chi connectivity index (χ1v) is 10.5. The van der Waals surface area contributed by atoms with Crippen LogP contribution in [0.2, 0.25) is 0 Å². The minimum atomic E-state index is -0.496. The number of carbonyl (C=O) groups excluding carboxylic acids is 1. The summed E-state index contributed by atoms with van der Waals surface area (Å²) in [5.74, 6) is 0.535. The Balaban J connectivity index is 1.30. The summed E-state index contributed by atoms with van der Waals surface area (Å²) < 4.78 is 10.3. The number of aromatic amines is 1. The lowest BCUT2D eigenvalue weighted by Gasteiger charge is -2.26. The normalized spacial score (nSPS) is 13.8. The van der Waals surface area contributed by atoms with E-state index in [2.05, 4.69) is 25.6 Å². The lowest BCUT2D eigenvalue weighted by molar-refractivity contribution is 0.0303. The molecule has 0 atom stereocenters. The van der Waals surface area contributed by atoms with Gasteiger partial charge in [-0.3, -0.25) is 9.78 Å². The number of H-pyrrole nitrogens is 1. The lowest BCUT2D eigenvalue weighted by Crippen LogP contribution is -2.40. The van der Waals surface area contributed by atoms with Gasteiger partial charge in [0, 0.05) is 41.8 Å². The van der Waals surface area contributed by atoms with E-state index < -0.39 is 5.76 Å². The first-order chi connectivity index (χ1) is 16.0. The molecule has 3 heterocycles. The molecule has 0 radical (unpaired) electrons. The average Bonchev–Trinajstić information content (AvgIpc) is 3.21. The minimum Gasteiger partial charge on any atom is -0.408 e. The molecule has 1 aliphatic heterocycles. The van der Waals surface area contributed by atoms with Crippen molar-refractivity contribution < 1.29 is 13.9 Å². The monoisotopic (exact) mass is 446 g/mol. The zero-order valence-electron chi connectivity index (χ0n) is 17.9. The number of aromatic nitrogens is 3. The number of aryl methyl sites for hydroxylation is 1. The van der Waals surface area contributed by atoms with Crippen LogP contribution in [-0.2, 0) is 4.74 Å². The molecule has 1 fully saturated rings. The van der Waals surface area contributed by atoms with Crippen LogP contribution in [0.15, 0.2) is 57.9 Å². The van der Waals surface area contributed by atoms with E-state index in [9.17, 15) is 9.59 Å². The van der Waals surface area contributed by atoms with Crippen LogP contribution in [0.4, 0.5) is 23.1 Å². The molecule has 0 aliphatic carbocycles. The Bertz CT molecular complexity index is 1360. The number of rotatable bonds is 5. The fourth-order valence-electron chi connectivity index (χ4n) is 3.57. The standard InChI is InChI=1S/C23H22N6O4/c1-14-13-24-22(28-20(14)25-17-6-7-19-18(12-17)27-23(31)33-19)26-16-4-2-15(3-5-16)21(30)29-8-10-32-11-9-29/h2-7,12-13H,8-11H2,1H3,(H,27,31)(H2,24,25,26,28). The fraction of sp³-hybridized carbons (Fsp3) is 0.217. The van der Waals surface area contributed by atoms with Crippen LogP contribution < -0.4 is 16.4 Å². The third kappa shape index (κ3) is 4.55. The third-order valence-corrected chi connectivity index (χ3v) is 5.34. The molecule has 0 spiro atoms. The second-order valence-corrected chi connectivity index (χ2v) is 7.68. The van der Waals surface area contributed by atoms with Gasteiger partial charge in [-0.25, -0.2) is 9.78 Å². The second kappa shape index (κ2) is 8.75. The van der Waals surface area contributed by atoms with Gasteiger partial charge in [0.1, 0.15) is 5.82 Å². The zero-order chi connectivity index (χ0) is 22.8. The quantitative estimate of drug-likeness (QED) is 0.427. The van der Waals surface area contributed by atoms with Gasteiger partial charge >= 0.3 is 5.76 Å². The van der Waals surface area contributed by atoms with Crippen LogP contribution in [0.25, 0.3) is 11.1 Å². The number of benzene rings is 2. The molecule has 10 nitrogen and oxygen atoms in total.